The van der Waals surface area contributed by atoms with E-state index in [0.717, 1.165) is 5.56 Å². The molecule has 0 aliphatic rings. The summed E-state index contributed by atoms with van der Waals surface area (Å²) in [6.45, 7) is 13.1. The summed E-state index contributed by atoms with van der Waals surface area (Å²) in [5.74, 6) is 0. The molecule has 1 aromatic rings. The summed E-state index contributed by atoms with van der Waals surface area (Å²) in [7, 11) is -0.757. The van der Waals surface area contributed by atoms with Gasteiger partial charge in [0, 0.05) is 0 Å². The number of hydrogen-bond donors (Lipinski definition) is 1. The van der Waals surface area contributed by atoms with E-state index in [1.165, 1.54) is 11.1 Å². The minimum Gasteiger partial charge on any atom is -0.410 e. The summed E-state index contributed by atoms with van der Waals surface area (Å²) in [6, 6.07) is 6.25. The molecule has 0 saturated carbocycles. The second-order valence-electron chi connectivity index (χ2n) is 6.18. The number of benzene rings is 1. The molecule has 1 atom stereocenters. The van der Waals surface area contributed by atoms with Gasteiger partial charge in [-0.1, -0.05) is 44.5 Å². The van der Waals surface area contributed by atoms with E-state index in [0.29, 0.717) is 0 Å². The molecule has 2 nitrogen and oxygen atoms in total. The largest absolute Gasteiger partial charge is 0.410 e. The van der Waals surface area contributed by atoms with Crippen molar-refractivity contribution in [3.63, 3.8) is 0 Å². The van der Waals surface area contributed by atoms with Crippen LogP contribution in [0.25, 0.3) is 0 Å². The predicted octanol–water partition coefficient (Wildman–Crippen LogP) is 3.84. The van der Waals surface area contributed by atoms with Gasteiger partial charge in [-0.3, -0.25) is 0 Å². The Kier molecular flexibility index (Phi) is 5.14. The van der Waals surface area contributed by atoms with Crippen molar-refractivity contribution in [3.05, 3.63) is 34.9 Å². The maximum Gasteiger partial charge on any atom is 0.205 e. The third kappa shape index (κ3) is 4.23. The Morgan fingerprint density at radius 1 is 1.22 bits per heavy atom. The van der Waals surface area contributed by atoms with Crippen LogP contribution < -0.4 is 0 Å². The van der Waals surface area contributed by atoms with Crippen molar-refractivity contribution in [2.45, 2.75) is 53.5 Å². The van der Waals surface area contributed by atoms with E-state index in [-0.39, 0.29) is 18.1 Å². The maximum absolute atomic E-state index is 9.32. The molecule has 0 aromatic heterocycles. The van der Waals surface area contributed by atoms with Crippen LogP contribution in [0.2, 0.25) is 13.1 Å². The SMILES string of the molecule is Cc1cc(CO)cc(C(O[Si](C)C)C(C)(C)C)c1. The van der Waals surface area contributed by atoms with Gasteiger partial charge in [0.1, 0.15) is 0 Å². The molecule has 1 rings (SSSR count). The molecule has 1 unspecified atom stereocenters. The first kappa shape index (κ1) is 15.4. The lowest BCUT2D eigenvalue weighted by Gasteiger charge is -2.33. The van der Waals surface area contributed by atoms with Crippen LogP contribution in [-0.4, -0.2) is 14.1 Å². The molecular formula is C15H25O2Si. The van der Waals surface area contributed by atoms with E-state index < -0.39 is 9.04 Å². The molecule has 1 radical (unpaired) electrons. The van der Waals surface area contributed by atoms with Gasteiger partial charge < -0.3 is 9.53 Å². The second-order valence-corrected chi connectivity index (χ2v) is 8.23. The normalized spacial score (nSPS) is 14.0. The quantitative estimate of drug-likeness (QED) is 0.838. The molecular weight excluding hydrogens is 240 g/mol. The molecule has 0 aliphatic heterocycles. The third-order valence-electron chi connectivity index (χ3n) is 2.78. The zero-order chi connectivity index (χ0) is 13.9. The lowest BCUT2D eigenvalue weighted by atomic mass is 9.84. The van der Waals surface area contributed by atoms with E-state index in [1.807, 2.05) is 6.07 Å². The zero-order valence-corrected chi connectivity index (χ0v) is 13.4. The highest BCUT2D eigenvalue weighted by atomic mass is 28.3. The first-order chi connectivity index (χ1) is 8.24. The van der Waals surface area contributed by atoms with Crippen molar-refractivity contribution in [1.29, 1.82) is 0 Å². The van der Waals surface area contributed by atoms with E-state index in [4.69, 9.17) is 4.43 Å². The molecule has 3 heteroatoms. The van der Waals surface area contributed by atoms with Gasteiger partial charge in [0.25, 0.3) is 0 Å². The highest BCUT2D eigenvalue weighted by Gasteiger charge is 2.28. The molecule has 0 bridgehead atoms. The van der Waals surface area contributed by atoms with Crippen molar-refractivity contribution < 1.29 is 9.53 Å². The molecule has 18 heavy (non-hydrogen) atoms. The van der Waals surface area contributed by atoms with Crippen LogP contribution in [0.1, 0.15) is 43.6 Å². The lowest BCUT2D eigenvalue weighted by molar-refractivity contribution is 0.0864. The van der Waals surface area contributed by atoms with Gasteiger partial charge in [0.15, 0.2) is 0 Å². The van der Waals surface area contributed by atoms with Crippen molar-refractivity contribution >= 4 is 9.04 Å². The van der Waals surface area contributed by atoms with Gasteiger partial charge in [0.2, 0.25) is 9.04 Å². The van der Waals surface area contributed by atoms with Crippen LogP contribution >= 0.6 is 0 Å². The van der Waals surface area contributed by atoms with E-state index in [9.17, 15) is 5.11 Å². The van der Waals surface area contributed by atoms with Crippen molar-refractivity contribution in [2.24, 2.45) is 5.41 Å². The van der Waals surface area contributed by atoms with Gasteiger partial charge in [-0.05, 0) is 36.6 Å². The highest BCUT2D eigenvalue weighted by molar-refractivity contribution is 6.48. The number of aliphatic hydroxyl groups is 1. The average molecular weight is 265 g/mol. The summed E-state index contributed by atoms with van der Waals surface area (Å²) in [6.07, 6.45) is 0.0894. The average Bonchev–Trinajstić information content (AvgIpc) is 2.23. The molecule has 101 valence electrons. The molecule has 0 aliphatic carbocycles. The Balaban J connectivity index is 3.16. The van der Waals surface area contributed by atoms with Gasteiger partial charge in [-0.15, -0.1) is 0 Å². The number of hydrogen-bond acceptors (Lipinski definition) is 2. The second kappa shape index (κ2) is 6.00. The molecule has 0 saturated heterocycles. The predicted molar refractivity (Wildman–Crippen MR) is 77.9 cm³/mol. The van der Waals surface area contributed by atoms with Crippen LogP contribution in [0.3, 0.4) is 0 Å². The molecule has 1 N–H and O–H groups in total. The van der Waals surface area contributed by atoms with Crippen molar-refractivity contribution in [1.82, 2.24) is 0 Å². The smallest absolute Gasteiger partial charge is 0.205 e. The summed E-state index contributed by atoms with van der Waals surface area (Å²) >= 11 is 0. The first-order valence-corrected chi connectivity index (χ1v) is 8.83. The standard InChI is InChI=1S/C15H25O2Si/c1-11-7-12(10-16)9-13(8-11)14(15(2,3)4)17-18(5)6/h7-9,14,16H,10H2,1-6H3. The van der Waals surface area contributed by atoms with Crippen LogP contribution in [0.15, 0.2) is 18.2 Å². The minimum absolute atomic E-state index is 0.0580. The molecule has 0 fully saturated rings. The Morgan fingerprint density at radius 2 is 1.83 bits per heavy atom. The molecule has 0 amide bonds. The lowest BCUT2D eigenvalue weighted by Crippen LogP contribution is -2.26. The fraction of sp³-hybridized carbons (Fsp3) is 0.600. The first-order valence-electron chi connectivity index (χ1n) is 6.42. The fourth-order valence-corrected chi connectivity index (χ4v) is 3.08. The Labute approximate surface area is 113 Å². The van der Waals surface area contributed by atoms with E-state index >= 15 is 0 Å². The van der Waals surface area contributed by atoms with Gasteiger partial charge >= 0.3 is 0 Å². The molecule has 0 spiro atoms. The summed E-state index contributed by atoms with van der Waals surface area (Å²) in [5.41, 5.74) is 3.37. The topological polar surface area (TPSA) is 29.5 Å². The highest BCUT2D eigenvalue weighted by Crippen LogP contribution is 2.37. The van der Waals surface area contributed by atoms with Crippen LogP contribution in [-0.2, 0) is 11.0 Å². The van der Waals surface area contributed by atoms with Gasteiger partial charge in [0.05, 0.1) is 12.7 Å². The molecule has 1 aromatic carbocycles. The van der Waals surface area contributed by atoms with E-state index in [2.05, 4.69) is 52.9 Å². The van der Waals surface area contributed by atoms with Crippen LogP contribution in [0.5, 0.6) is 0 Å². The van der Waals surface area contributed by atoms with Gasteiger partial charge in [-0.2, -0.15) is 0 Å². The van der Waals surface area contributed by atoms with Crippen LogP contribution in [0, 0.1) is 12.3 Å². The zero-order valence-electron chi connectivity index (χ0n) is 12.4. The summed E-state index contributed by atoms with van der Waals surface area (Å²) < 4.78 is 6.18. The maximum atomic E-state index is 9.32. The van der Waals surface area contributed by atoms with E-state index in [1.54, 1.807) is 0 Å². The van der Waals surface area contributed by atoms with Crippen molar-refractivity contribution in [2.75, 3.05) is 0 Å². The molecule has 0 heterocycles. The third-order valence-corrected chi connectivity index (χ3v) is 3.49. The minimum atomic E-state index is -0.757. The summed E-state index contributed by atoms with van der Waals surface area (Å²) in [5, 5.41) is 9.32. The Morgan fingerprint density at radius 3 is 2.28 bits per heavy atom. The number of rotatable bonds is 4. The Bertz CT molecular complexity index is 394. The fourth-order valence-electron chi connectivity index (χ4n) is 2.12. The monoisotopic (exact) mass is 265 g/mol. The number of aliphatic hydroxyl groups excluding tert-OH is 1. The van der Waals surface area contributed by atoms with Crippen molar-refractivity contribution in [3.8, 4) is 0 Å². The van der Waals surface area contributed by atoms with Gasteiger partial charge in [-0.25, -0.2) is 0 Å². The summed E-state index contributed by atoms with van der Waals surface area (Å²) in [4.78, 5) is 0. The Hall–Kier alpha value is -0.643. The van der Waals surface area contributed by atoms with Crippen LogP contribution in [0.4, 0.5) is 0 Å². The number of aryl methyl sites for hydroxylation is 1.